The van der Waals surface area contributed by atoms with Crippen LogP contribution in [0.15, 0.2) is 34.2 Å². The number of likely N-dealkylation sites (tertiary alicyclic amines) is 1. The van der Waals surface area contributed by atoms with E-state index in [0.717, 1.165) is 44.5 Å². The van der Waals surface area contributed by atoms with Crippen LogP contribution in [0.5, 0.6) is 0 Å². The number of hydrogen-bond acceptors (Lipinski definition) is 5. The maximum Gasteiger partial charge on any atom is 0.270 e. The summed E-state index contributed by atoms with van der Waals surface area (Å²) in [6.45, 7) is 7.24. The lowest BCUT2D eigenvalue weighted by Crippen LogP contribution is -2.45. The first-order valence-corrected chi connectivity index (χ1v) is 10.6. The summed E-state index contributed by atoms with van der Waals surface area (Å²) in [5.74, 6) is 1.50. The molecule has 2 N–H and O–H groups in total. The minimum absolute atomic E-state index is 0.115. The van der Waals surface area contributed by atoms with Crippen LogP contribution in [0.4, 0.5) is 5.69 Å². The average Bonchev–Trinajstić information content (AvgIpc) is 2.65. The van der Waals surface area contributed by atoms with E-state index in [4.69, 9.17) is 0 Å². The van der Waals surface area contributed by atoms with Crippen LogP contribution in [0, 0.1) is 16.0 Å². The van der Waals surface area contributed by atoms with Gasteiger partial charge in [-0.1, -0.05) is 13.0 Å². The van der Waals surface area contributed by atoms with E-state index in [1.165, 1.54) is 18.2 Å². The first kappa shape index (κ1) is 21.1. The monoisotopic (exact) mass is 397 g/mol. The summed E-state index contributed by atoms with van der Waals surface area (Å²) in [4.78, 5) is 16.8. The molecule has 2 rings (SSSR count). The lowest BCUT2D eigenvalue weighted by Gasteiger charge is -2.33. The summed E-state index contributed by atoms with van der Waals surface area (Å²) >= 11 is 0. The Balaban J connectivity index is 1.95. The fraction of sp³-hybridized carbons (Fsp3) is 0.588. The molecule has 0 bridgehead atoms. The van der Waals surface area contributed by atoms with E-state index >= 15 is 0 Å². The van der Waals surface area contributed by atoms with E-state index < -0.39 is 14.9 Å². The Morgan fingerprint density at radius 1 is 1.37 bits per heavy atom. The highest BCUT2D eigenvalue weighted by Crippen LogP contribution is 2.17. The highest BCUT2D eigenvalue weighted by molar-refractivity contribution is 7.89. The van der Waals surface area contributed by atoms with Crippen molar-refractivity contribution in [2.75, 3.05) is 32.7 Å². The SMILES string of the molecule is CCNC(=NCCNS(=O)(=O)c1cccc([N+](=O)[O-])c1)N1CCC(C)CC1. The number of nitrogens with one attached hydrogen (secondary N) is 2. The van der Waals surface area contributed by atoms with Crippen molar-refractivity contribution in [2.24, 2.45) is 10.9 Å². The van der Waals surface area contributed by atoms with Crippen molar-refractivity contribution >= 4 is 21.7 Å². The zero-order chi connectivity index (χ0) is 19.9. The number of sulfonamides is 1. The molecular weight excluding hydrogens is 370 g/mol. The zero-order valence-corrected chi connectivity index (χ0v) is 16.5. The zero-order valence-electron chi connectivity index (χ0n) is 15.7. The van der Waals surface area contributed by atoms with Crippen LogP contribution in [-0.2, 0) is 10.0 Å². The minimum Gasteiger partial charge on any atom is -0.357 e. The predicted molar refractivity (Wildman–Crippen MR) is 104 cm³/mol. The summed E-state index contributed by atoms with van der Waals surface area (Å²) in [6, 6.07) is 4.99. The summed E-state index contributed by atoms with van der Waals surface area (Å²) < 4.78 is 27.1. The Morgan fingerprint density at radius 2 is 2.07 bits per heavy atom. The molecule has 1 aliphatic heterocycles. The van der Waals surface area contributed by atoms with E-state index in [1.807, 2.05) is 6.92 Å². The molecule has 0 radical (unpaired) electrons. The molecule has 1 aromatic carbocycles. The molecule has 1 fully saturated rings. The Kier molecular flexibility index (Phi) is 7.55. The second-order valence-corrected chi connectivity index (χ2v) is 8.32. The van der Waals surface area contributed by atoms with Crippen molar-refractivity contribution in [3.8, 4) is 0 Å². The van der Waals surface area contributed by atoms with Gasteiger partial charge in [0.25, 0.3) is 5.69 Å². The van der Waals surface area contributed by atoms with E-state index in [-0.39, 0.29) is 23.7 Å². The molecule has 10 heteroatoms. The van der Waals surface area contributed by atoms with Gasteiger partial charge in [0.2, 0.25) is 10.0 Å². The van der Waals surface area contributed by atoms with Gasteiger partial charge in [0, 0.05) is 38.3 Å². The second-order valence-electron chi connectivity index (χ2n) is 6.56. The second kappa shape index (κ2) is 9.65. The lowest BCUT2D eigenvalue weighted by atomic mass is 10.00. The van der Waals surface area contributed by atoms with Crippen molar-refractivity contribution in [3.05, 3.63) is 34.4 Å². The van der Waals surface area contributed by atoms with Crippen LogP contribution in [0.25, 0.3) is 0 Å². The van der Waals surface area contributed by atoms with Gasteiger partial charge in [-0.3, -0.25) is 15.1 Å². The largest absolute Gasteiger partial charge is 0.357 e. The van der Waals surface area contributed by atoms with E-state index in [2.05, 4.69) is 26.9 Å². The van der Waals surface area contributed by atoms with Gasteiger partial charge in [0.15, 0.2) is 5.96 Å². The number of nitro benzene ring substituents is 1. The quantitative estimate of drug-likeness (QED) is 0.237. The van der Waals surface area contributed by atoms with E-state index in [9.17, 15) is 18.5 Å². The van der Waals surface area contributed by atoms with Crippen molar-refractivity contribution in [2.45, 2.75) is 31.6 Å². The molecule has 0 saturated carbocycles. The Labute approximate surface area is 160 Å². The van der Waals surface area contributed by atoms with Gasteiger partial charge in [-0.2, -0.15) is 0 Å². The molecule has 0 aromatic heterocycles. The van der Waals surface area contributed by atoms with Crippen LogP contribution in [0.1, 0.15) is 26.7 Å². The third-order valence-electron chi connectivity index (χ3n) is 4.42. The highest BCUT2D eigenvalue weighted by Gasteiger charge is 2.19. The molecule has 1 aliphatic rings. The molecule has 27 heavy (non-hydrogen) atoms. The maximum atomic E-state index is 12.3. The van der Waals surface area contributed by atoms with Crippen LogP contribution in [0.2, 0.25) is 0 Å². The number of guanidine groups is 1. The Morgan fingerprint density at radius 3 is 2.70 bits per heavy atom. The van der Waals surface area contributed by atoms with Gasteiger partial charge in [-0.05, 0) is 31.7 Å². The molecule has 150 valence electrons. The summed E-state index contributed by atoms with van der Waals surface area (Å²) in [6.07, 6.45) is 2.23. The Bertz CT molecular complexity index is 773. The molecule has 0 amide bonds. The molecule has 1 aromatic rings. The molecule has 0 atom stereocenters. The predicted octanol–water partition coefficient (Wildman–Crippen LogP) is 1.57. The number of hydrogen-bond donors (Lipinski definition) is 2. The van der Waals surface area contributed by atoms with Gasteiger partial charge in [0.05, 0.1) is 16.4 Å². The molecule has 9 nitrogen and oxygen atoms in total. The number of piperidine rings is 1. The standard InChI is InChI=1S/C17H27N5O4S/c1-3-18-17(21-11-7-14(2)8-12-21)19-9-10-20-27(25,26)16-6-4-5-15(13-16)22(23)24/h4-6,13-14,20H,3,7-12H2,1-2H3,(H,18,19). The molecule has 0 spiro atoms. The third kappa shape index (κ3) is 6.17. The lowest BCUT2D eigenvalue weighted by molar-refractivity contribution is -0.385. The number of aliphatic imine (C=N–C) groups is 1. The summed E-state index contributed by atoms with van der Waals surface area (Å²) in [5, 5.41) is 14.0. The number of rotatable bonds is 7. The van der Waals surface area contributed by atoms with E-state index in [0.29, 0.717) is 5.92 Å². The first-order valence-electron chi connectivity index (χ1n) is 9.11. The van der Waals surface area contributed by atoms with E-state index in [1.54, 1.807) is 0 Å². The third-order valence-corrected chi connectivity index (χ3v) is 5.88. The fourth-order valence-electron chi connectivity index (χ4n) is 2.84. The number of nitrogens with zero attached hydrogens (tertiary/aromatic N) is 3. The minimum atomic E-state index is -3.82. The van der Waals surface area contributed by atoms with Gasteiger partial charge >= 0.3 is 0 Å². The van der Waals surface area contributed by atoms with Crippen molar-refractivity contribution in [3.63, 3.8) is 0 Å². The van der Waals surface area contributed by atoms with Gasteiger partial charge in [-0.15, -0.1) is 0 Å². The topological polar surface area (TPSA) is 117 Å². The first-order chi connectivity index (χ1) is 12.8. The molecule has 1 saturated heterocycles. The van der Waals surface area contributed by atoms with Crippen LogP contribution < -0.4 is 10.0 Å². The maximum absolute atomic E-state index is 12.3. The van der Waals surface area contributed by atoms with Crippen molar-refractivity contribution in [1.29, 1.82) is 0 Å². The number of nitro groups is 1. The molecule has 0 unspecified atom stereocenters. The molecule has 0 aliphatic carbocycles. The normalized spacial score (nSPS) is 16.4. The van der Waals surface area contributed by atoms with Crippen LogP contribution in [0.3, 0.4) is 0 Å². The average molecular weight is 398 g/mol. The van der Waals surface area contributed by atoms with Gasteiger partial charge < -0.3 is 10.2 Å². The van der Waals surface area contributed by atoms with Gasteiger partial charge in [-0.25, -0.2) is 13.1 Å². The number of benzene rings is 1. The molecular formula is C17H27N5O4S. The number of non-ortho nitro benzene ring substituents is 1. The summed E-state index contributed by atoms with van der Waals surface area (Å²) in [7, 11) is -3.82. The molecule has 1 heterocycles. The summed E-state index contributed by atoms with van der Waals surface area (Å²) in [5.41, 5.74) is -0.260. The fourth-order valence-corrected chi connectivity index (χ4v) is 3.90. The Hall–Kier alpha value is -2.20. The van der Waals surface area contributed by atoms with Crippen molar-refractivity contribution < 1.29 is 13.3 Å². The highest BCUT2D eigenvalue weighted by atomic mass is 32.2. The van der Waals surface area contributed by atoms with Gasteiger partial charge in [0.1, 0.15) is 0 Å². The van der Waals surface area contributed by atoms with Crippen molar-refractivity contribution in [1.82, 2.24) is 14.9 Å². The van der Waals surface area contributed by atoms with Crippen LogP contribution in [-0.4, -0.2) is 56.9 Å². The van der Waals surface area contributed by atoms with Crippen LogP contribution >= 0.6 is 0 Å². The smallest absolute Gasteiger partial charge is 0.270 e.